The summed E-state index contributed by atoms with van der Waals surface area (Å²) in [6.07, 6.45) is 3.29. The Morgan fingerprint density at radius 3 is 1.27 bits per heavy atom. The van der Waals surface area contributed by atoms with Crippen molar-refractivity contribution in [1.29, 1.82) is 0 Å². The molecular formula is C10H18O5. The average molecular weight is 218 g/mol. The van der Waals surface area contributed by atoms with Crippen LogP contribution in [-0.2, 0) is 23.7 Å². The zero-order valence-electron chi connectivity index (χ0n) is 8.85. The summed E-state index contributed by atoms with van der Waals surface area (Å²) >= 11 is 0. The van der Waals surface area contributed by atoms with Crippen molar-refractivity contribution in [2.75, 3.05) is 40.4 Å². The molecule has 0 radical (unpaired) electrons. The maximum atomic E-state index is 4.95. The number of hydrogen-bond donors (Lipinski definition) is 0. The summed E-state index contributed by atoms with van der Waals surface area (Å²) in [5.74, 6) is 0. The molecule has 0 spiro atoms. The summed E-state index contributed by atoms with van der Waals surface area (Å²) in [6, 6.07) is 0. The topological polar surface area (TPSA) is 46.2 Å². The van der Waals surface area contributed by atoms with Gasteiger partial charge in [0.25, 0.3) is 0 Å². The van der Waals surface area contributed by atoms with E-state index in [2.05, 4.69) is 13.2 Å². The largest absolute Gasteiger partial charge is 0.351 e. The molecule has 0 N–H and O–H groups in total. The number of hydrogen-bond acceptors (Lipinski definition) is 5. The van der Waals surface area contributed by atoms with Crippen LogP contribution in [0.25, 0.3) is 0 Å². The predicted octanol–water partition coefficient (Wildman–Crippen LogP) is 1.27. The van der Waals surface area contributed by atoms with Crippen molar-refractivity contribution in [3.05, 3.63) is 25.3 Å². The zero-order valence-corrected chi connectivity index (χ0v) is 8.85. The van der Waals surface area contributed by atoms with Crippen LogP contribution in [0, 0.1) is 0 Å². The molecule has 0 amide bonds. The maximum Gasteiger partial charge on any atom is 0.152 e. The first-order chi connectivity index (χ1) is 7.41. The molecule has 0 aromatic heterocycles. The smallest absolute Gasteiger partial charge is 0.152 e. The van der Waals surface area contributed by atoms with E-state index in [1.54, 1.807) is 12.2 Å². The van der Waals surface area contributed by atoms with Gasteiger partial charge in [0.2, 0.25) is 0 Å². The summed E-state index contributed by atoms with van der Waals surface area (Å²) in [4.78, 5) is 0. The van der Waals surface area contributed by atoms with Crippen LogP contribution in [0.3, 0.4) is 0 Å². The van der Waals surface area contributed by atoms with E-state index >= 15 is 0 Å². The molecule has 0 saturated heterocycles. The first-order valence-electron chi connectivity index (χ1n) is 4.52. The summed E-state index contributed by atoms with van der Waals surface area (Å²) in [5, 5.41) is 0. The summed E-state index contributed by atoms with van der Waals surface area (Å²) < 4.78 is 24.7. The summed E-state index contributed by atoms with van der Waals surface area (Å²) in [5.41, 5.74) is 0. The van der Waals surface area contributed by atoms with Crippen LogP contribution < -0.4 is 0 Å². The highest BCUT2D eigenvalue weighted by molar-refractivity contribution is 4.63. The average Bonchev–Trinajstić information content (AvgIpc) is 2.26. The van der Waals surface area contributed by atoms with E-state index in [4.69, 9.17) is 23.7 Å². The van der Waals surface area contributed by atoms with Gasteiger partial charge < -0.3 is 23.7 Å². The van der Waals surface area contributed by atoms with Gasteiger partial charge in [0.1, 0.15) is 13.6 Å². The fourth-order valence-corrected chi connectivity index (χ4v) is 0.601. The van der Waals surface area contributed by atoms with Gasteiger partial charge in [0.05, 0.1) is 13.2 Å². The molecular weight excluding hydrogens is 200 g/mol. The second-order valence-corrected chi connectivity index (χ2v) is 2.40. The molecule has 0 aliphatic heterocycles. The van der Waals surface area contributed by atoms with E-state index in [9.17, 15) is 0 Å². The number of ether oxygens (including phenoxy) is 5. The van der Waals surface area contributed by atoms with Crippen LogP contribution in [0.5, 0.6) is 0 Å². The molecule has 0 saturated carbocycles. The van der Waals surface area contributed by atoms with Crippen LogP contribution in [0.4, 0.5) is 0 Å². The van der Waals surface area contributed by atoms with Gasteiger partial charge in [-0.05, 0) is 0 Å². The fourth-order valence-electron chi connectivity index (χ4n) is 0.601. The maximum absolute atomic E-state index is 4.95. The third kappa shape index (κ3) is 13.3. The zero-order chi connectivity index (χ0) is 11.2. The quantitative estimate of drug-likeness (QED) is 0.280. The highest BCUT2D eigenvalue weighted by atomic mass is 16.8. The Hall–Kier alpha value is -0.720. The Morgan fingerprint density at radius 1 is 0.600 bits per heavy atom. The highest BCUT2D eigenvalue weighted by Crippen LogP contribution is 1.84. The normalized spacial score (nSPS) is 10.1. The molecule has 0 rings (SSSR count). The van der Waals surface area contributed by atoms with Crippen LogP contribution in [0.2, 0.25) is 0 Å². The van der Waals surface area contributed by atoms with E-state index in [1.807, 2.05) is 0 Å². The van der Waals surface area contributed by atoms with Gasteiger partial charge >= 0.3 is 0 Å². The van der Waals surface area contributed by atoms with Gasteiger partial charge in [-0.2, -0.15) is 0 Å². The standard InChI is InChI=1S/C10H18O5/c1-3-5-11-7-13-9-15-10-14-8-12-6-4-2/h3-4H,1-2,5-10H2. The van der Waals surface area contributed by atoms with Gasteiger partial charge in [0, 0.05) is 0 Å². The molecule has 5 nitrogen and oxygen atoms in total. The van der Waals surface area contributed by atoms with E-state index < -0.39 is 0 Å². The van der Waals surface area contributed by atoms with Gasteiger partial charge in [-0.1, -0.05) is 12.2 Å². The third-order valence-electron chi connectivity index (χ3n) is 1.14. The minimum absolute atomic E-state index is 0.124. The molecule has 0 aliphatic carbocycles. The van der Waals surface area contributed by atoms with Crippen molar-refractivity contribution in [3.63, 3.8) is 0 Å². The van der Waals surface area contributed by atoms with Gasteiger partial charge in [0.15, 0.2) is 13.6 Å². The van der Waals surface area contributed by atoms with Crippen molar-refractivity contribution in [1.82, 2.24) is 0 Å². The Labute approximate surface area is 90.2 Å². The van der Waals surface area contributed by atoms with E-state index in [0.717, 1.165) is 0 Å². The van der Waals surface area contributed by atoms with Crippen molar-refractivity contribution in [3.8, 4) is 0 Å². The van der Waals surface area contributed by atoms with Crippen molar-refractivity contribution < 1.29 is 23.7 Å². The van der Waals surface area contributed by atoms with E-state index in [-0.39, 0.29) is 27.2 Å². The van der Waals surface area contributed by atoms with E-state index in [1.165, 1.54) is 0 Å². The lowest BCUT2D eigenvalue weighted by molar-refractivity contribution is -0.188. The minimum Gasteiger partial charge on any atom is -0.351 e. The molecule has 0 unspecified atom stereocenters. The van der Waals surface area contributed by atoms with E-state index in [0.29, 0.717) is 13.2 Å². The second-order valence-electron chi connectivity index (χ2n) is 2.40. The van der Waals surface area contributed by atoms with Gasteiger partial charge in [-0.15, -0.1) is 13.2 Å². The lowest BCUT2D eigenvalue weighted by atomic mass is 10.7. The first kappa shape index (κ1) is 14.3. The van der Waals surface area contributed by atoms with Crippen molar-refractivity contribution in [2.24, 2.45) is 0 Å². The van der Waals surface area contributed by atoms with Crippen LogP contribution in [0.1, 0.15) is 0 Å². The molecule has 88 valence electrons. The van der Waals surface area contributed by atoms with Crippen molar-refractivity contribution in [2.45, 2.75) is 0 Å². The number of rotatable bonds is 12. The molecule has 0 fully saturated rings. The Bertz CT molecular complexity index is 133. The summed E-state index contributed by atoms with van der Waals surface area (Å²) in [6.45, 7) is 8.52. The second kappa shape index (κ2) is 13.3. The molecule has 5 heteroatoms. The van der Waals surface area contributed by atoms with Crippen LogP contribution >= 0.6 is 0 Å². The Morgan fingerprint density at radius 2 is 0.933 bits per heavy atom. The highest BCUT2D eigenvalue weighted by Gasteiger charge is 1.89. The first-order valence-corrected chi connectivity index (χ1v) is 4.52. The molecule has 0 heterocycles. The lowest BCUT2D eigenvalue weighted by Gasteiger charge is -2.06. The minimum atomic E-state index is 0.124. The van der Waals surface area contributed by atoms with Gasteiger partial charge in [-0.3, -0.25) is 0 Å². The predicted molar refractivity (Wildman–Crippen MR) is 55.0 cm³/mol. The SMILES string of the molecule is C=CCOCOCOCOCOCC=C. The van der Waals surface area contributed by atoms with Crippen LogP contribution in [-0.4, -0.2) is 40.4 Å². The summed E-state index contributed by atoms with van der Waals surface area (Å²) in [7, 11) is 0. The fraction of sp³-hybridized carbons (Fsp3) is 0.600. The Balaban J connectivity index is 2.86. The van der Waals surface area contributed by atoms with Crippen molar-refractivity contribution >= 4 is 0 Å². The van der Waals surface area contributed by atoms with Crippen LogP contribution in [0.15, 0.2) is 25.3 Å². The molecule has 0 aromatic carbocycles. The molecule has 15 heavy (non-hydrogen) atoms. The molecule has 0 bridgehead atoms. The molecule has 0 aliphatic rings. The monoisotopic (exact) mass is 218 g/mol. The van der Waals surface area contributed by atoms with Gasteiger partial charge in [-0.25, -0.2) is 0 Å². The third-order valence-corrected chi connectivity index (χ3v) is 1.14. The molecule has 0 aromatic rings. The Kier molecular flexibility index (Phi) is 12.6. The molecule has 0 atom stereocenters. The lowest BCUT2D eigenvalue weighted by Crippen LogP contribution is -2.09.